The normalized spacial score (nSPS) is 14.8. The molecule has 2 aromatic heterocycles. The van der Waals surface area contributed by atoms with Gasteiger partial charge in [-0.15, -0.1) is 11.3 Å². The van der Waals surface area contributed by atoms with Crippen molar-refractivity contribution in [2.45, 2.75) is 19.8 Å². The van der Waals surface area contributed by atoms with Gasteiger partial charge in [0.2, 0.25) is 5.91 Å². The van der Waals surface area contributed by atoms with Gasteiger partial charge < -0.3 is 15.0 Å². The molecular weight excluding hydrogens is 427 g/mol. The fourth-order valence-corrected chi connectivity index (χ4v) is 5.38. The molecule has 4 aromatic rings. The second-order valence-corrected chi connectivity index (χ2v) is 8.85. The Morgan fingerprint density at radius 1 is 1.19 bits per heavy atom. The summed E-state index contributed by atoms with van der Waals surface area (Å²) in [5.74, 6) is 1.32. The number of rotatable bonds is 5. The molecule has 0 bridgehead atoms. The molecule has 2 aromatic carbocycles. The summed E-state index contributed by atoms with van der Waals surface area (Å²) >= 11 is 1.51. The molecule has 1 saturated heterocycles. The summed E-state index contributed by atoms with van der Waals surface area (Å²) in [4.78, 5) is 23.8. The van der Waals surface area contributed by atoms with Crippen molar-refractivity contribution in [1.82, 2.24) is 9.97 Å². The molecule has 1 aliphatic heterocycles. The standard InChI is InChI=1S/C24H23FN4O2S/c1-2-31-17-8-6-16(7-9-17)28-24(30)15-10-12-29(13-11-15)23-22-21(26-14-27-23)20-18(25)4-3-5-19(20)32-22/h3-9,14-15H,2,10-13H2,1H3,(H,28,30). The Morgan fingerprint density at radius 3 is 2.72 bits per heavy atom. The fourth-order valence-electron chi connectivity index (χ4n) is 4.19. The molecule has 0 unspecified atom stereocenters. The number of nitrogens with one attached hydrogen (secondary N) is 1. The highest BCUT2D eigenvalue weighted by molar-refractivity contribution is 7.26. The molecule has 0 spiro atoms. The monoisotopic (exact) mass is 450 g/mol. The first kappa shape index (κ1) is 20.6. The lowest BCUT2D eigenvalue weighted by Crippen LogP contribution is -2.38. The smallest absolute Gasteiger partial charge is 0.227 e. The van der Waals surface area contributed by atoms with Crippen LogP contribution in [0.2, 0.25) is 0 Å². The number of hydrogen-bond donors (Lipinski definition) is 1. The van der Waals surface area contributed by atoms with E-state index < -0.39 is 0 Å². The van der Waals surface area contributed by atoms with Crippen LogP contribution in [0.4, 0.5) is 15.9 Å². The van der Waals surface area contributed by atoms with Crippen molar-refractivity contribution in [3.63, 3.8) is 0 Å². The van der Waals surface area contributed by atoms with E-state index in [9.17, 15) is 9.18 Å². The third kappa shape index (κ3) is 3.86. The molecule has 0 saturated carbocycles. The van der Waals surface area contributed by atoms with Crippen LogP contribution in [0.15, 0.2) is 48.8 Å². The Bertz CT molecular complexity index is 1270. The van der Waals surface area contributed by atoms with Gasteiger partial charge in [-0.1, -0.05) is 6.07 Å². The van der Waals surface area contributed by atoms with Crippen LogP contribution in [0.25, 0.3) is 20.3 Å². The molecule has 0 aliphatic carbocycles. The lowest BCUT2D eigenvalue weighted by atomic mass is 9.95. The maximum atomic E-state index is 14.4. The van der Waals surface area contributed by atoms with Crippen molar-refractivity contribution >= 4 is 49.1 Å². The summed E-state index contributed by atoms with van der Waals surface area (Å²) in [6.07, 6.45) is 2.96. The minimum atomic E-state index is -0.261. The van der Waals surface area contributed by atoms with E-state index in [1.54, 1.807) is 6.07 Å². The van der Waals surface area contributed by atoms with E-state index in [0.29, 0.717) is 30.6 Å². The second-order valence-electron chi connectivity index (χ2n) is 7.80. The van der Waals surface area contributed by atoms with Gasteiger partial charge in [0.1, 0.15) is 23.7 Å². The molecule has 0 atom stereocenters. The van der Waals surface area contributed by atoms with Crippen molar-refractivity contribution in [3.05, 3.63) is 54.6 Å². The maximum Gasteiger partial charge on any atom is 0.227 e. The molecule has 8 heteroatoms. The molecule has 6 nitrogen and oxygen atoms in total. The number of hydrogen-bond acceptors (Lipinski definition) is 6. The van der Waals surface area contributed by atoms with E-state index in [4.69, 9.17) is 4.74 Å². The number of piperidine rings is 1. The first-order valence-corrected chi connectivity index (χ1v) is 11.6. The highest BCUT2D eigenvalue weighted by Gasteiger charge is 2.27. The van der Waals surface area contributed by atoms with E-state index in [0.717, 1.165) is 39.5 Å². The summed E-state index contributed by atoms with van der Waals surface area (Å²) in [5, 5.41) is 3.57. The van der Waals surface area contributed by atoms with Crippen LogP contribution in [0.1, 0.15) is 19.8 Å². The summed E-state index contributed by atoms with van der Waals surface area (Å²) in [6.45, 7) is 3.97. The number of ether oxygens (including phenoxy) is 1. The Labute approximate surface area is 189 Å². The number of nitrogens with zero attached hydrogens (tertiary/aromatic N) is 3. The second kappa shape index (κ2) is 8.70. The zero-order chi connectivity index (χ0) is 22.1. The Hall–Kier alpha value is -3.26. The molecule has 5 rings (SSSR count). The van der Waals surface area contributed by atoms with Crippen molar-refractivity contribution in [1.29, 1.82) is 0 Å². The number of halogens is 1. The third-order valence-corrected chi connectivity index (χ3v) is 6.95. The van der Waals surface area contributed by atoms with Crippen LogP contribution >= 0.6 is 11.3 Å². The number of carbonyl (C=O) groups is 1. The molecule has 0 radical (unpaired) electrons. The van der Waals surface area contributed by atoms with E-state index in [2.05, 4.69) is 20.2 Å². The van der Waals surface area contributed by atoms with Gasteiger partial charge in [-0.25, -0.2) is 14.4 Å². The van der Waals surface area contributed by atoms with Crippen LogP contribution in [-0.4, -0.2) is 35.6 Å². The average Bonchev–Trinajstić information content (AvgIpc) is 3.21. The van der Waals surface area contributed by atoms with Crippen LogP contribution in [-0.2, 0) is 4.79 Å². The van der Waals surface area contributed by atoms with Crippen LogP contribution in [0.5, 0.6) is 5.75 Å². The van der Waals surface area contributed by atoms with Gasteiger partial charge in [0.15, 0.2) is 0 Å². The van der Waals surface area contributed by atoms with Crippen LogP contribution in [0.3, 0.4) is 0 Å². The fraction of sp³-hybridized carbons (Fsp3) is 0.292. The van der Waals surface area contributed by atoms with Gasteiger partial charge in [-0.05, 0) is 56.2 Å². The number of aromatic nitrogens is 2. The summed E-state index contributed by atoms with van der Waals surface area (Å²) in [7, 11) is 0. The minimum absolute atomic E-state index is 0.0329. The predicted molar refractivity (Wildman–Crippen MR) is 126 cm³/mol. The quantitative estimate of drug-likeness (QED) is 0.451. The van der Waals surface area contributed by atoms with E-state index in [1.807, 2.05) is 37.3 Å². The highest BCUT2D eigenvalue weighted by atomic mass is 32.1. The van der Waals surface area contributed by atoms with Crippen molar-refractivity contribution in [2.75, 3.05) is 29.9 Å². The molecule has 3 heterocycles. The van der Waals surface area contributed by atoms with Crippen molar-refractivity contribution < 1.29 is 13.9 Å². The molecule has 1 fully saturated rings. The molecule has 1 amide bonds. The zero-order valence-electron chi connectivity index (χ0n) is 17.7. The highest BCUT2D eigenvalue weighted by Crippen LogP contribution is 2.39. The zero-order valence-corrected chi connectivity index (χ0v) is 18.5. The molecule has 1 N–H and O–H groups in total. The molecular formula is C24H23FN4O2S. The summed E-state index contributed by atoms with van der Waals surface area (Å²) in [5.41, 5.74) is 1.43. The average molecular weight is 451 g/mol. The van der Waals surface area contributed by atoms with Gasteiger partial charge >= 0.3 is 0 Å². The summed E-state index contributed by atoms with van der Waals surface area (Å²) < 4.78 is 21.6. The van der Waals surface area contributed by atoms with Gasteiger partial charge in [0, 0.05) is 29.4 Å². The Morgan fingerprint density at radius 2 is 1.97 bits per heavy atom. The van der Waals surface area contributed by atoms with Crippen molar-refractivity contribution in [3.8, 4) is 5.75 Å². The topological polar surface area (TPSA) is 67.3 Å². The SMILES string of the molecule is CCOc1ccc(NC(=O)C2CCN(c3ncnc4c3sc3cccc(F)c34)CC2)cc1. The van der Waals surface area contributed by atoms with Gasteiger partial charge in [-0.3, -0.25) is 4.79 Å². The van der Waals surface area contributed by atoms with Gasteiger partial charge in [0.25, 0.3) is 0 Å². The van der Waals surface area contributed by atoms with Gasteiger partial charge in [-0.2, -0.15) is 0 Å². The Balaban J connectivity index is 1.28. The van der Waals surface area contributed by atoms with E-state index in [1.165, 1.54) is 23.7 Å². The first-order chi connectivity index (χ1) is 15.6. The Kier molecular flexibility index (Phi) is 5.61. The third-order valence-electron chi connectivity index (χ3n) is 5.81. The van der Waals surface area contributed by atoms with Crippen LogP contribution in [0, 0.1) is 11.7 Å². The minimum Gasteiger partial charge on any atom is -0.494 e. The van der Waals surface area contributed by atoms with Gasteiger partial charge in [0.05, 0.1) is 22.2 Å². The number of anilines is 2. The predicted octanol–water partition coefficient (Wildman–Crippen LogP) is 5.24. The number of benzene rings is 2. The number of thiophene rings is 1. The van der Waals surface area contributed by atoms with Crippen LogP contribution < -0.4 is 15.0 Å². The lowest BCUT2D eigenvalue weighted by molar-refractivity contribution is -0.120. The largest absolute Gasteiger partial charge is 0.494 e. The maximum absolute atomic E-state index is 14.4. The van der Waals surface area contributed by atoms with E-state index >= 15 is 0 Å². The number of carbonyl (C=O) groups excluding carboxylic acids is 1. The molecule has 1 aliphatic rings. The first-order valence-electron chi connectivity index (χ1n) is 10.7. The molecule has 164 valence electrons. The number of amides is 1. The summed E-state index contributed by atoms with van der Waals surface area (Å²) in [6, 6.07) is 12.5. The molecule has 32 heavy (non-hydrogen) atoms. The van der Waals surface area contributed by atoms with E-state index in [-0.39, 0.29) is 17.6 Å². The lowest BCUT2D eigenvalue weighted by Gasteiger charge is -2.32. The van der Waals surface area contributed by atoms with Crippen molar-refractivity contribution in [2.24, 2.45) is 5.92 Å². The number of fused-ring (bicyclic) bond motifs is 3.